The van der Waals surface area contributed by atoms with E-state index in [0.29, 0.717) is 0 Å². The fourth-order valence-electron chi connectivity index (χ4n) is 2.33. The van der Waals surface area contributed by atoms with E-state index in [-0.39, 0.29) is 24.0 Å². The smallest absolute Gasteiger partial charge is 0.0436 e. The molecule has 0 heterocycles. The van der Waals surface area contributed by atoms with E-state index in [2.05, 4.69) is 40.7 Å². The first-order chi connectivity index (χ1) is 8.22. The third kappa shape index (κ3) is 8.71. The summed E-state index contributed by atoms with van der Waals surface area (Å²) in [5.41, 5.74) is 1.86. The minimum Gasteiger partial charge on any atom is -0.396 e. The van der Waals surface area contributed by atoms with Crippen molar-refractivity contribution in [2.45, 2.75) is 66.7 Å². The van der Waals surface area contributed by atoms with Gasteiger partial charge in [-0.15, -0.1) is 0 Å². The molecule has 0 aromatic carbocycles. The molecular weight excluding hydrogens is 224 g/mol. The van der Waals surface area contributed by atoms with E-state index in [0.717, 1.165) is 32.1 Å². The molecule has 2 heteroatoms. The molecule has 0 aliphatic heterocycles. The van der Waals surface area contributed by atoms with Gasteiger partial charge in [0, 0.05) is 13.2 Å². The molecule has 0 bridgehead atoms. The van der Waals surface area contributed by atoms with Crippen molar-refractivity contribution in [2.75, 3.05) is 13.2 Å². The molecule has 0 radical (unpaired) electrons. The van der Waals surface area contributed by atoms with Gasteiger partial charge in [0.25, 0.3) is 0 Å². The van der Waals surface area contributed by atoms with Gasteiger partial charge in [-0.05, 0) is 49.9 Å². The second kappa shape index (κ2) is 7.96. The van der Waals surface area contributed by atoms with Crippen LogP contribution >= 0.6 is 0 Å². The lowest BCUT2D eigenvalue weighted by molar-refractivity contribution is 0.210. The predicted octanol–water partition coefficient (Wildman–Crippen LogP) is 3.92. The van der Waals surface area contributed by atoms with Gasteiger partial charge in [-0.25, -0.2) is 0 Å². The van der Waals surface area contributed by atoms with E-state index >= 15 is 0 Å². The zero-order chi connectivity index (χ0) is 14.2. The molecular formula is C16H32O2. The second-order valence-corrected chi connectivity index (χ2v) is 7.06. The van der Waals surface area contributed by atoms with Crippen LogP contribution in [0.15, 0.2) is 11.6 Å². The van der Waals surface area contributed by atoms with E-state index in [1.54, 1.807) is 0 Å². The molecule has 0 rings (SSSR count). The Morgan fingerprint density at radius 2 is 1.56 bits per heavy atom. The number of aliphatic hydroxyl groups excluding tert-OH is 2. The molecule has 0 saturated heterocycles. The van der Waals surface area contributed by atoms with E-state index in [1.165, 1.54) is 5.57 Å². The molecule has 0 fully saturated rings. The van der Waals surface area contributed by atoms with Gasteiger partial charge >= 0.3 is 0 Å². The summed E-state index contributed by atoms with van der Waals surface area (Å²) in [6.45, 7) is 11.7. The van der Waals surface area contributed by atoms with Crippen LogP contribution in [0.5, 0.6) is 0 Å². The van der Waals surface area contributed by atoms with Crippen LogP contribution in [0.2, 0.25) is 0 Å². The molecule has 2 nitrogen and oxygen atoms in total. The first kappa shape index (κ1) is 17.7. The standard InChI is InChI=1S/C16H32O2/c1-14(13-16(4,5)10-12-18)7-9-15(2,3)8-6-11-17/h7,17-18H,6,8-13H2,1-5H3. The van der Waals surface area contributed by atoms with Crippen molar-refractivity contribution >= 4 is 0 Å². The Morgan fingerprint density at radius 3 is 2.06 bits per heavy atom. The Hall–Kier alpha value is -0.340. The van der Waals surface area contributed by atoms with Crippen molar-refractivity contribution in [3.8, 4) is 0 Å². The van der Waals surface area contributed by atoms with Gasteiger partial charge in [0.2, 0.25) is 0 Å². The molecule has 0 amide bonds. The normalized spacial score (nSPS) is 14.1. The predicted molar refractivity (Wildman–Crippen MR) is 78.6 cm³/mol. The van der Waals surface area contributed by atoms with E-state index in [1.807, 2.05) is 0 Å². The van der Waals surface area contributed by atoms with Crippen molar-refractivity contribution in [1.29, 1.82) is 0 Å². The van der Waals surface area contributed by atoms with Crippen molar-refractivity contribution in [2.24, 2.45) is 10.8 Å². The number of aliphatic hydroxyl groups is 2. The van der Waals surface area contributed by atoms with Crippen LogP contribution in [0.3, 0.4) is 0 Å². The van der Waals surface area contributed by atoms with Crippen molar-refractivity contribution in [1.82, 2.24) is 0 Å². The quantitative estimate of drug-likeness (QED) is 0.614. The average Bonchev–Trinajstić information content (AvgIpc) is 2.23. The van der Waals surface area contributed by atoms with Gasteiger partial charge in [-0.2, -0.15) is 0 Å². The maximum Gasteiger partial charge on any atom is 0.0436 e. The molecule has 0 aromatic rings. The van der Waals surface area contributed by atoms with Crippen LogP contribution in [0.25, 0.3) is 0 Å². The largest absolute Gasteiger partial charge is 0.396 e. The number of hydrogen-bond donors (Lipinski definition) is 2. The average molecular weight is 256 g/mol. The monoisotopic (exact) mass is 256 g/mol. The summed E-state index contributed by atoms with van der Waals surface area (Å²) in [6, 6.07) is 0. The SMILES string of the molecule is CC(=CCC(C)(C)CCCO)CC(C)(C)CCO. The Bertz CT molecular complexity index is 252. The van der Waals surface area contributed by atoms with Gasteiger partial charge in [0.1, 0.15) is 0 Å². The van der Waals surface area contributed by atoms with Crippen LogP contribution in [-0.2, 0) is 0 Å². The molecule has 108 valence electrons. The van der Waals surface area contributed by atoms with Gasteiger partial charge in [-0.3, -0.25) is 0 Å². The van der Waals surface area contributed by atoms with Crippen LogP contribution in [-0.4, -0.2) is 23.4 Å². The lowest BCUT2D eigenvalue weighted by Gasteiger charge is -2.26. The van der Waals surface area contributed by atoms with Crippen LogP contribution in [0, 0.1) is 10.8 Å². The Morgan fingerprint density at radius 1 is 0.944 bits per heavy atom. The Labute approximate surface area is 113 Å². The third-order valence-electron chi connectivity index (χ3n) is 3.56. The molecule has 0 unspecified atom stereocenters. The summed E-state index contributed by atoms with van der Waals surface area (Å²) in [4.78, 5) is 0. The number of rotatable bonds is 9. The van der Waals surface area contributed by atoms with Crippen LogP contribution in [0.4, 0.5) is 0 Å². The van der Waals surface area contributed by atoms with Crippen molar-refractivity contribution in [3.05, 3.63) is 11.6 Å². The minimum absolute atomic E-state index is 0.185. The van der Waals surface area contributed by atoms with E-state index < -0.39 is 0 Å². The second-order valence-electron chi connectivity index (χ2n) is 7.06. The first-order valence-electron chi connectivity index (χ1n) is 7.10. The highest BCUT2D eigenvalue weighted by atomic mass is 16.3. The summed E-state index contributed by atoms with van der Waals surface area (Å²) in [5.74, 6) is 0. The highest BCUT2D eigenvalue weighted by Crippen LogP contribution is 2.31. The van der Waals surface area contributed by atoms with Gasteiger partial charge < -0.3 is 10.2 Å². The van der Waals surface area contributed by atoms with Gasteiger partial charge in [0.05, 0.1) is 0 Å². The topological polar surface area (TPSA) is 40.5 Å². The summed E-state index contributed by atoms with van der Waals surface area (Å²) >= 11 is 0. The zero-order valence-electron chi connectivity index (χ0n) is 12.9. The molecule has 0 aromatic heterocycles. The highest BCUT2D eigenvalue weighted by Gasteiger charge is 2.19. The van der Waals surface area contributed by atoms with Crippen LogP contribution < -0.4 is 0 Å². The molecule has 18 heavy (non-hydrogen) atoms. The molecule has 0 aliphatic carbocycles. The lowest BCUT2D eigenvalue weighted by atomic mass is 9.80. The zero-order valence-corrected chi connectivity index (χ0v) is 12.9. The maximum absolute atomic E-state index is 9.03. The lowest BCUT2D eigenvalue weighted by Crippen LogP contribution is -2.14. The summed E-state index contributed by atoms with van der Waals surface area (Å²) < 4.78 is 0. The van der Waals surface area contributed by atoms with Crippen molar-refractivity contribution < 1.29 is 10.2 Å². The maximum atomic E-state index is 9.03. The summed E-state index contributed by atoms with van der Waals surface area (Å²) in [5, 5.41) is 17.9. The molecule has 2 N–H and O–H groups in total. The number of allylic oxidation sites excluding steroid dienone is 2. The summed E-state index contributed by atoms with van der Waals surface area (Å²) in [7, 11) is 0. The van der Waals surface area contributed by atoms with Gasteiger partial charge in [0.15, 0.2) is 0 Å². The fourth-order valence-corrected chi connectivity index (χ4v) is 2.33. The molecule has 0 aliphatic rings. The minimum atomic E-state index is 0.185. The van der Waals surface area contributed by atoms with Gasteiger partial charge in [-0.1, -0.05) is 39.3 Å². The highest BCUT2D eigenvalue weighted by molar-refractivity contribution is 5.03. The molecule has 0 saturated carbocycles. The van der Waals surface area contributed by atoms with Crippen LogP contribution in [0.1, 0.15) is 66.7 Å². The Kier molecular flexibility index (Phi) is 7.81. The molecule has 0 atom stereocenters. The third-order valence-corrected chi connectivity index (χ3v) is 3.56. The van der Waals surface area contributed by atoms with Crippen molar-refractivity contribution in [3.63, 3.8) is 0 Å². The fraction of sp³-hybridized carbons (Fsp3) is 0.875. The van der Waals surface area contributed by atoms with E-state index in [9.17, 15) is 0 Å². The Balaban J connectivity index is 4.25. The van der Waals surface area contributed by atoms with E-state index in [4.69, 9.17) is 10.2 Å². The first-order valence-corrected chi connectivity index (χ1v) is 7.10. The molecule has 0 spiro atoms. The summed E-state index contributed by atoms with van der Waals surface area (Å²) in [6.07, 6.45) is 7.24. The number of hydrogen-bond acceptors (Lipinski definition) is 2.